The SMILES string of the molecule is CC(C)(C)c1ccc(/C(=N/O)c2ccnc(Nc3ccc(C#N)cc3)n2)cc1. The lowest BCUT2D eigenvalue weighted by molar-refractivity contribution is 0.319. The van der Waals surface area contributed by atoms with Crippen LogP contribution in [0.4, 0.5) is 11.6 Å². The number of hydrogen-bond donors (Lipinski definition) is 2. The van der Waals surface area contributed by atoms with Gasteiger partial charge in [0.2, 0.25) is 5.95 Å². The monoisotopic (exact) mass is 371 g/mol. The van der Waals surface area contributed by atoms with Gasteiger partial charge in [0.1, 0.15) is 5.71 Å². The van der Waals surface area contributed by atoms with Crippen LogP contribution in [-0.4, -0.2) is 20.9 Å². The van der Waals surface area contributed by atoms with Crippen LogP contribution >= 0.6 is 0 Å². The van der Waals surface area contributed by atoms with Crippen molar-refractivity contribution >= 4 is 17.3 Å². The van der Waals surface area contributed by atoms with Crippen LogP contribution in [0.25, 0.3) is 0 Å². The highest BCUT2D eigenvalue weighted by atomic mass is 16.4. The van der Waals surface area contributed by atoms with Gasteiger partial charge in [-0.05, 0) is 41.3 Å². The first-order valence-electron chi connectivity index (χ1n) is 8.84. The van der Waals surface area contributed by atoms with Crippen molar-refractivity contribution in [3.05, 3.63) is 83.2 Å². The van der Waals surface area contributed by atoms with Crippen molar-refractivity contribution in [1.82, 2.24) is 9.97 Å². The van der Waals surface area contributed by atoms with E-state index in [-0.39, 0.29) is 5.41 Å². The van der Waals surface area contributed by atoms with Gasteiger partial charge in [-0.2, -0.15) is 5.26 Å². The van der Waals surface area contributed by atoms with E-state index in [4.69, 9.17) is 5.26 Å². The van der Waals surface area contributed by atoms with Gasteiger partial charge in [0.25, 0.3) is 0 Å². The van der Waals surface area contributed by atoms with Gasteiger partial charge in [-0.1, -0.05) is 50.2 Å². The Bertz CT molecular complexity index is 1030. The van der Waals surface area contributed by atoms with E-state index in [1.807, 2.05) is 24.3 Å². The summed E-state index contributed by atoms with van der Waals surface area (Å²) < 4.78 is 0. The predicted octanol–water partition coefficient (Wildman–Crippen LogP) is 4.62. The van der Waals surface area contributed by atoms with E-state index >= 15 is 0 Å². The maximum absolute atomic E-state index is 9.58. The summed E-state index contributed by atoms with van der Waals surface area (Å²) in [7, 11) is 0. The topological polar surface area (TPSA) is 94.2 Å². The van der Waals surface area contributed by atoms with Crippen molar-refractivity contribution in [2.75, 3.05) is 5.32 Å². The summed E-state index contributed by atoms with van der Waals surface area (Å²) in [4.78, 5) is 8.66. The largest absolute Gasteiger partial charge is 0.410 e. The molecule has 0 bridgehead atoms. The summed E-state index contributed by atoms with van der Waals surface area (Å²) in [6.45, 7) is 6.44. The molecule has 0 unspecified atom stereocenters. The molecule has 0 saturated heterocycles. The predicted molar refractivity (Wildman–Crippen MR) is 109 cm³/mol. The van der Waals surface area contributed by atoms with Crippen LogP contribution in [-0.2, 0) is 5.41 Å². The van der Waals surface area contributed by atoms with Crippen molar-refractivity contribution in [3.63, 3.8) is 0 Å². The highest BCUT2D eigenvalue weighted by Gasteiger charge is 2.15. The van der Waals surface area contributed by atoms with Crippen LogP contribution in [0.15, 0.2) is 65.9 Å². The summed E-state index contributed by atoms with van der Waals surface area (Å²) >= 11 is 0. The maximum atomic E-state index is 9.58. The molecule has 0 atom stereocenters. The molecule has 6 heteroatoms. The molecule has 28 heavy (non-hydrogen) atoms. The van der Waals surface area contributed by atoms with E-state index in [0.29, 0.717) is 22.9 Å². The molecule has 1 aromatic heterocycles. The maximum Gasteiger partial charge on any atom is 0.227 e. The zero-order chi connectivity index (χ0) is 20.1. The number of nitrogens with one attached hydrogen (secondary N) is 1. The second-order valence-electron chi connectivity index (χ2n) is 7.36. The third kappa shape index (κ3) is 4.33. The number of oxime groups is 1. The van der Waals surface area contributed by atoms with Crippen LogP contribution in [0.2, 0.25) is 0 Å². The van der Waals surface area contributed by atoms with E-state index < -0.39 is 0 Å². The molecular formula is C22H21N5O. The smallest absolute Gasteiger partial charge is 0.227 e. The highest BCUT2D eigenvalue weighted by molar-refractivity contribution is 6.11. The van der Waals surface area contributed by atoms with Crippen LogP contribution in [0, 0.1) is 11.3 Å². The van der Waals surface area contributed by atoms with Gasteiger partial charge in [0.05, 0.1) is 17.3 Å². The number of nitriles is 1. The molecule has 0 aliphatic carbocycles. The number of aromatic nitrogens is 2. The van der Waals surface area contributed by atoms with Gasteiger partial charge in [-0.15, -0.1) is 0 Å². The first-order chi connectivity index (χ1) is 13.4. The molecule has 0 amide bonds. The summed E-state index contributed by atoms with van der Waals surface area (Å²) in [5.74, 6) is 0.370. The van der Waals surface area contributed by atoms with Crippen molar-refractivity contribution in [3.8, 4) is 6.07 Å². The van der Waals surface area contributed by atoms with E-state index in [0.717, 1.165) is 11.3 Å². The molecule has 0 aliphatic heterocycles. The van der Waals surface area contributed by atoms with Crippen molar-refractivity contribution in [1.29, 1.82) is 5.26 Å². The number of rotatable bonds is 4. The van der Waals surface area contributed by atoms with E-state index in [9.17, 15) is 5.21 Å². The number of nitrogens with zero attached hydrogens (tertiary/aromatic N) is 4. The molecular weight excluding hydrogens is 350 g/mol. The lowest BCUT2D eigenvalue weighted by atomic mass is 9.86. The van der Waals surface area contributed by atoms with Gasteiger partial charge >= 0.3 is 0 Å². The van der Waals surface area contributed by atoms with Crippen molar-refractivity contribution in [2.45, 2.75) is 26.2 Å². The van der Waals surface area contributed by atoms with Gasteiger partial charge < -0.3 is 10.5 Å². The minimum Gasteiger partial charge on any atom is -0.410 e. The standard InChI is InChI=1S/C22H21N5O/c1-22(2,3)17-8-6-16(7-9-17)20(27-28)19-12-13-24-21(26-19)25-18-10-4-15(14-23)5-11-18/h4-13,28H,1-3H3,(H,24,25,26)/b27-20-. The van der Waals surface area contributed by atoms with Crippen molar-refractivity contribution < 1.29 is 5.21 Å². The Labute approximate surface area is 164 Å². The fraction of sp³-hybridized carbons (Fsp3) is 0.182. The number of hydrogen-bond acceptors (Lipinski definition) is 6. The molecule has 6 nitrogen and oxygen atoms in total. The molecule has 1 heterocycles. The zero-order valence-electron chi connectivity index (χ0n) is 16.0. The van der Waals surface area contributed by atoms with E-state index in [1.165, 1.54) is 5.56 Å². The first kappa shape index (κ1) is 19.1. The van der Waals surface area contributed by atoms with Crippen LogP contribution in [0.5, 0.6) is 0 Å². The minimum atomic E-state index is 0.0438. The first-order valence-corrected chi connectivity index (χ1v) is 8.84. The number of anilines is 2. The normalized spacial score (nSPS) is 11.7. The lowest BCUT2D eigenvalue weighted by Crippen LogP contribution is -2.12. The molecule has 0 saturated carbocycles. The molecule has 3 rings (SSSR count). The zero-order valence-corrected chi connectivity index (χ0v) is 16.0. The Hall–Kier alpha value is -3.72. The quantitative estimate of drug-likeness (QED) is 0.396. The summed E-state index contributed by atoms with van der Waals surface area (Å²) in [6.07, 6.45) is 1.60. The Morgan fingerprint density at radius 2 is 1.71 bits per heavy atom. The van der Waals surface area contributed by atoms with Crippen LogP contribution in [0.3, 0.4) is 0 Å². The van der Waals surface area contributed by atoms with E-state index in [1.54, 1.807) is 36.5 Å². The average molecular weight is 371 g/mol. The Kier molecular flexibility index (Phi) is 5.37. The van der Waals surface area contributed by atoms with Crippen molar-refractivity contribution in [2.24, 2.45) is 5.16 Å². The molecule has 2 aromatic carbocycles. The fourth-order valence-corrected chi connectivity index (χ4v) is 2.69. The summed E-state index contributed by atoms with van der Waals surface area (Å²) in [5, 5.41) is 25.0. The highest BCUT2D eigenvalue weighted by Crippen LogP contribution is 2.23. The summed E-state index contributed by atoms with van der Waals surface area (Å²) in [5.41, 5.74) is 4.20. The second-order valence-corrected chi connectivity index (χ2v) is 7.36. The molecule has 2 N–H and O–H groups in total. The molecule has 0 aliphatic rings. The fourth-order valence-electron chi connectivity index (χ4n) is 2.69. The lowest BCUT2D eigenvalue weighted by Gasteiger charge is -2.19. The Morgan fingerprint density at radius 1 is 1.04 bits per heavy atom. The van der Waals surface area contributed by atoms with Gasteiger partial charge in [-0.3, -0.25) is 0 Å². The van der Waals surface area contributed by atoms with Gasteiger partial charge in [0.15, 0.2) is 0 Å². The average Bonchev–Trinajstić information content (AvgIpc) is 2.69. The van der Waals surface area contributed by atoms with Gasteiger partial charge in [0, 0.05) is 17.4 Å². The summed E-state index contributed by atoms with van der Waals surface area (Å²) in [6, 6.07) is 18.6. The third-order valence-electron chi connectivity index (χ3n) is 4.29. The van der Waals surface area contributed by atoms with Crippen LogP contribution < -0.4 is 5.32 Å². The molecule has 140 valence electrons. The molecule has 0 fully saturated rings. The molecule has 3 aromatic rings. The minimum absolute atomic E-state index is 0.0438. The van der Waals surface area contributed by atoms with E-state index in [2.05, 4.69) is 47.3 Å². The molecule has 0 spiro atoms. The third-order valence-corrected chi connectivity index (χ3v) is 4.29. The Balaban J connectivity index is 1.85. The second kappa shape index (κ2) is 7.89. The molecule has 0 radical (unpaired) electrons. The van der Waals surface area contributed by atoms with Gasteiger partial charge in [-0.25, -0.2) is 9.97 Å². The Morgan fingerprint density at radius 3 is 2.29 bits per heavy atom. The number of benzene rings is 2. The van der Waals surface area contributed by atoms with Crippen LogP contribution in [0.1, 0.15) is 43.2 Å².